The Kier molecular flexibility index (Phi) is 5.62. The van der Waals surface area contributed by atoms with Gasteiger partial charge < -0.3 is 20.3 Å². The van der Waals surface area contributed by atoms with E-state index in [0.717, 1.165) is 16.2 Å². The molecule has 1 saturated heterocycles. The molecule has 2 atom stereocenters. The Morgan fingerprint density at radius 3 is 2.65 bits per heavy atom. The minimum absolute atomic E-state index is 0.302. The molecule has 2 aromatic rings. The van der Waals surface area contributed by atoms with Gasteiger partial charge in [-0.3, -0.25) is 9.59 Å². The molecule has 4 rings (SSSR count). The van der Waals surface area contributed by atoms with E-state index in [1.54, 1.807) is 49.5 Å². The predicted octanol–water partition coefficient (Wildman–Crippen LogP) is 1.68. The lowest BCUT2D eigenvalue weighted by atomic mass is 9.99. The number of benzene rings is 2. The van der Waals surface area contributed by atoms with E-state index in [0.29, 0.717) is 24.2 Å². The monoisotopic (exact) mass is 420 g/mol. The number of amides is 4. The summed E-state index contributed by atoms with van der Waals surface area (Å²) in [6.45, 7) is 0.419. The van der Waals surface area contributed by atoms with E-state index in [1.165, 1.54) is 0 Å². The average Bonchev–Trinajstić information content (AvgIpc) is 3.11. The zero-order chi connectivity index (χ0) is 22.0. The average molecular weight is 420 g/mol. The summed E-state index contributed by atoms with van der Waals surface area (Å²) < 4.78 is 5.22. The maximum Gasteiger partial charge on any atom is 0.329 e. The van der Waals surface area contributed by atoms with Crippen LogP contribution < -0.4 is 20.3 Å². The largest absolute Gasteiger partial charge is 0.497 e. The van der Waals surface area contributed by atoms with Gasteiger partial charge in [0.1, 0.15) is 11.8 Å². The third-order valence-electron chi connectivity index (χ3n) is 5.50. The van der Waals surface area contributed by atoms with Crippen molar-refractivity contribution in [3.63, 3.8) is 0 Å². The quantitative estimate of drug-likeness (QED) is 0.742. The van der Waals surface area contributed by atoms with Crippen LogP contribution in [-0.2, 0) is 16.0 Å². The number of hydrogen-bond acceptors (Lipinski definition) is 5. The molecule has 2 N–H and O–H groups in total. The Morgan fingerprint density at radius 1 is 1.13 bits per heavy atom. The van der Waals surface area contributed by atoms with Crippen molar-refractivity contribution in [1.29, 1.82) is 0 Å². The first-order chi connectivity index (χ1) is 15.0. The van der Waals surface area contributed by atoms with E-state index in [9.17, 15) is 14.4 Å². The first kappa shape index (κ1) is 20.5. The van der Waals surface area contributed by atoms with Crippen LogP contribution in [0.5, 0.6) is 5.75 Å². The van der Waals surface area contributed by atoms with Crippen molar-refractivity contribution < 1.29 is 19.1 Å². The highest BCUT2D eigenvalue weighted by Crippen LogP contribution is 2.29. The number of nitrogens with zero attached hydrogens (tertiary/aromatic N) is 2. The van der Waals surface area contributed by atoms with Crippen LogP contribution in [0, 0.1) is 0 Å². The van der Waals surface area contributed by atoms with Crippen molar-refractivity contribution >= 4 is 23.5 Å². The molecule has 2 unspecified atom stereocenters. The summed E-state index contributed by atoms with van der Waals surface area (Å²) in [5, 5.41) is 5.71. The Labute approximate surface area is 180 Å². The lowest BCUT2D eigenvalue weighted by Gasteiger charge is -2.37. The number of carbonyl (C=O) groups is 3. The second kappa shape index (κ2) is 8.51. The molecule has 0 saturated carbocycles. The standard InChI is InChI=1S/C23H24N4O4/c1-26-14-18(21(28)24-12-11-15-7-6-10-17(13-15)31-2)19-20(26)22(29)27(23(30)25-19)16-8-4-3-5-9-16/h3-10,13-14,19-20H,11-12H2,1-2H3,(H,24,28)(H,25,30). The van der Waals surface area contributed by atoms with Crippen LogP contribution in [0.15, 0.2) is 66.4 Å². The number of anilines is 1. The molecule has 0 bridgehead atoms. The minimum atomic E-state index is -0.693. The van der Waals surface area contributed by atoms with Crippen molar-refractivity contribution in [1.82, 2.24) is 15.5 Å². The highest BCUT2D eigenvalue weighted by Gasteiger charge is 2.49. The minimum Gasteiger partial charge on any atom is -0.497 e. The second-order valence-electron chi connectivity index (χ2n) is 7.49. The van der Waals surface area contributed by atoms with Gasteiger partial charge in [0.05, 0.1) is 24.4 Å². The van der Waals surface area contributed by atoms with Crippen LogP contribution >= 0.6 is 0 Å². The van der Waals surface area contributed by atoms with Crippen LogP contribution in [0.2, 0.25) is 0 Å². The number of rotatable bonds is 6. The number of carbonyl (C=O) groups excluding carboxylic acids is 3. The highest BCUT2D eigenvalue weighted by atomic mass is 16.5. The molecule has 4 amide bonds. The fraction of sp³-hybridized carbons (Fsp3) is 0.261. The van der Waals surface area contributed by atoms with Gasteiger partial charge in [-0.2, -0.15) is 0 Å². The van der Waals surface area contributed by atoms with Crippen molar-refractivity contribution in [2.24, 2.45) is 0 Å². The smallest absolute Gasteiger partial charge is 0.329 e. The molecule has 8 heteroatoms. The molecule has 0 aliphatic carbocycles. The van der Waals surface area contributed by atoms with Gasteiger partial charge in [-0.25, -0.2) is 9.69 Å². The third kappa shape index (κ3) is 3.96. The fourth-order valence-corrected chi connectivity index (χ4v) is 3.96. The van der Waals surface area contributed by atoms with Crippen molar-refractivity contribution in [2.75, 3.05) is 25.6 Å². The van der Waals surface area contributed by atoms with Crippen LogP contribution in [0.1, 0.15) is 5.56 Å². The van der Waals surface area contributed by atoms with Gasteiger partial charge in [-0.05, 0) is 36.2 Å². The normalized spacial score (nSPS) is 20.1. The van der Waals surface area contributed by atoms with E-state index >= 15 is 0 Å². The summed E-state index contributed by atoms with van der Waals surface area (Å²) >= 11 is 0. The lowest BCUT2D eigenvalue weighted by Crippen LogP contribution is -2.65. The molecule has 2 aliphatic heterocycles. The number of fused-ring (bicyclic) bond motifs is 1. The molecular weight excluding hydrogens is 396 g/mol. The Hall–Kier alpha value is -3.81. The van der Waals surface area contributed by atoms with Crippen LogP contribution in [-0.4, -0.2) is 55.5 Å². The van der Waals surface area contributed by atoms with E-state index in [1.807, 2.05) is 30.3 Å². The third-order valence-corrected chi connectivity index (χ3v) is 5.50. The first-order valence-corrected chi connectivity index (χ1v) is 10.0. The van der Waals surface area contributed by atoms with Gasteiger partial charge >= 0.3 is 6.03 Å². The number of para-hydroxylation sites is 1. The van der Waals surface area contributed by atoms with Crippen molar-refractivity contribution in [2.45, 2.75) is 18.5 Å². The molecule has 8 nitrogen and oxygen atoms in total. The summed E-state index contributed by atoms with van der Waals surface area (Å²) in [6, 6.07) is 14.5. The molecule has 2 heterocycles. The number of nitrogens with one attached hydrogen (secondary N) is 2. The summed E-state index contributed by atoms with van der Waals surface area (Å²) in [5.41, 5.74) is 1.90. The molecule has 160 valence electrons. The Bertz CT molecular complexity index is 1040. The Morgan fingerprint density at radius 2 is 1.90 bits per heavy atom. The van der Waals surface area contributed by atoms with E-state index in [-0.39, 0.29) is 11.8 Å². The molecule has 0 radical (unpaired) electrons. The van der Waals surface area contributed by atoms with Gasteiger partial charge in [-0.15, -0.1) is 0 Å². The molecule has 31 heavy (non-hydrogen) atoms. The number of ether oxygens (including phenoxy) is 1. The molecule has 1 fully saturated rings. The van der Waals surface area contributed by atoms with Crippen LogP contribution in [0.3, 0.4) is 0 Å². The molecule has 0 spiro atoms. The van der Waals surface area contributed by atoms with E-state index in [2.05, 4.69) is 10.6 Å². The maximum absolute atomic E-state index is 13.1. The number of hydrogen-bond donors (Lipinski definition) is 2. The predicted molar refractivity (Wildman–Crippen MR) is 116 cm³/mol. The van der Waals surface area contributed by atoms with Gasteiger partial charge in [-0.1, -0.05) is 30.3 Å². The van der Waals surface area contributed by atoms with Gasteiger partial charge in [0.15, 0.2) is 0 Å². The summed E-state index contributed by atoms with van der Waals surface area (Å²) in [4.78, 5) is 41.4. The van der Waals surface area contributed by atoms with Crippen LogP contribution in [0.4, 0.5) is 10.5 Å². The second-order valence-corrected chi connectivity index (χ2v) is 7.49. The fourth-order valence-electron chi connectivity index (χ4n) is 3.96. The summed E-state index contributed by atoms with van der Waals surface area (Å²) in [5.74, 6) is 0.0968. The number of urea groups is 1. The van der Waals surface area contributed by atoms with Gasteiger partial charge in [0.25, 0.3) is 11.8 Å². The summed E-state index contributed by atoms with van der Waals surface area (Å²) in [6.07, 6.45) is 2.26. The van der Waals surface area contributed by atoms with Crippen molar-refractivity contribution in [3.8, 4) is 5.75 Å². The van der Waals surface area contributed by atoms with Gasteiger partial charge in [0.2, 0.25) is 0 Å². The maximum atomic E-state index is 13.1. The summed E-state index contributed by atoms with van der Waals surface area (Å²) in [7, 11) is 3.34. The topological polar surface area (TPSA) is 91.0 Å². The SMILES string of the molecule is COc1cccc(CCNC(=O)C2=CN(C)C3C(=O)N(c4ccccc4)C(=O)NC23)c1. The number of likely N-dealkylation sites (N-methyl/N-ethyl adjacent to an activating group) is 1. The molecular formula is C23H24N4O4. The number of methoxy groups -OCH3 is 1. The van der Waals surface area contributed by atoms with E-state index in [4.69, 9.17) is 4.74 Å². The van der Waals surface area contributed by atoms with E-state index < -0.39 is 18.1 Å². The molecule has 2 aliphatic rings. The van der Waals surface area contributed by atoms with Crippen molar-refractivity contribution in [3.05, 3.63) is 71.9 Å². The molecule has 0 aromatic heterocycles. The zero-order valence-corrected chi connectivity index (χ0v) is 17.4. The number of imide groups is 1. The van der Waals surface area contributed by atoms with Gasteiger partial charge in [0, 0.05) is 19.8 Å². The van der Waals surface area contributed by atoms with Crippen LogP contribution in [0.25, 0.3) is 0 Å². The Balaban J connectivity index is 1.42. The lowest BCUT2D eigenvalue weighted by molar-refractivity contribution is -0.122. The first-order valence-electron chi connectivity index (χ1n) is 10.0. The highest BCUT2D eigenvalue weighted by molar-refractivity contribution is 6.19. The zero-order valence-electron chi connectivity index (χ0n) is 17.4. The molecule has 2 aromatic carbocycles.